The van der Waals surface area contributed by atoms with Gasteiger partial charge in [0.1, 0.15) is 5.69 Å². The average molecular weight is 321 g/mol. The van der Waals surface area contributed by atoms with Crippen LogP contribution in [0.25, 0.3) is 22.4 Å². The van der Waals surface area contributed by atoms with E-state index in [4.69, 9.17) is 9.15 Å². The third kappa shape index (κ3) is 1.94. The molecule has 0 saturated carbocycles. The lowest BCUT2D eigenvalue weighted by atomic mass is 10.2. The lowest BCUT2D eigenvalue weighted by Crippen LogP contribution is -1.82. The molecule has 6 heteroatoms. The van der Waals surface area contributed by atoms with Crippen LogP contribution in [0.5, 0.6) is 5.75 Å². The van der Waals surface area contributed by atoms with Crippen molar-refractivity contribution in [2.45, 2.75) is 0 Å². The minimum Gasteiger partial charge on any atom is -0.493 e. The quantitative estimate of drug-likeness (QED) is 0.751. The van der Waals surface area contributed by atoms with E-state index in [1.807, 2.05) is 18.2 Å². The van der Waals surface area contributed by atoms with E-state index in [9.17, 15) is 4.79 Å². The number of nitrogens with zero attached hydrogens (tertiary/aromatic N) is 1. The Hall–Kier alpha value is -2.08. The molecular weight excluding hydrogens is 312 g/mol. The summed E-state index contributed by atoms with van der Waals surface area (Å²) in [6.07, 6.45) is 2.20. The summed E-state index contributed by atoms with van der Waals surface area (Å²) in [5, 5.41) is 7.48. The van der Waals surface area contributed by atoms with Crippen molar-refractivity contribution in [1.29, 1.82) is 0 Å². The highest BCUT2D eigenvalue weighted by Gasteiger charge is 2.15. The van der Waals surface area contributed by atoms with E-state index in [1.54, 1.807) is 7.11 Å². The first kappa shape index (κ1) is 12.0. The number of carbonyl (C=O) groups excluding carboxylic acids is 1. The summed E-state index contributed by atoms with van der Waals surface area (Å²) in [7, 11) is 1.58. The predicted octanol–water partition coefficient (Wildman–Crippen LogP) is 3.41. The Labute approximate surface area is 116 Å². The van der Waals surface area contributed by atoms with Crippen LogP contribution in [0, 0.1) is 0 Å². The first-order valence-corrected chi connectivity index (χ1v) is 6.28. The van der Waals surface area contributed by atoms with Crippen molar-refractivity contribution in [3.05, 3.63) is 34.4 Å². The van der Waals surface area contributed by atoms with Gasteiger partial charge in [-0.15, -0.1) is 0 Å². The van der Waals surface area contributed by atoms with Crippen molar-refractivity contribution in [1.82, 2.24) is 10.2 Å². The van der Waals surface area contributed by atoms with Gasteiger partial charge in [-0.1, -0.05) is 15.9 Å². The molecule has 0 bridgehead atoms. The first-order valence-electron chi connectivity index (χ1n) is 5.49. The highest BCUT2D eigenvalue weighted by molar-refractivity contribution is 9.10. The van der Waals surface area contributed by atoms with Crippen molar-refractivity contribution in [3.63, 3.8) is 0 Å². The maximum absolute atomic E-state index is 10.9. The number of carbonyl (C=O) groups is 1. The maximum Gasteiger partial charge on any atom is 0.176 e. The van der Waals surface area contributed by atoms with Gasteiger partial charge in [-0.2, -0.15) is 5.10 Å². The molecule has 1 aromatic carbocycles. The summed E-state index contributed by atoms with van der Waals surface area (Å²) in [5.74, 6) is 1.17. The van der Waals surface area contributed by atoms with Crippen LogP contribution < -0.4 is 4.74 Å². The van der Waals surface area contributed by atoms with Gasteiger partial charge in [-0.25, -0.2) is 0 Å². The number of rotatable bonds is 3. The van der Waals surface area contributed by atoms with Crippen LogP contribution in [-0.2, 0) is 0 Å². The maximum atomic E-state index is 10.9. The van der Waals surface area contributed by atoms with Crippen molar-refractivity contribution in [2.24, 2.45) is 0 Å². The third-order valence-corrected chi connectivity index (χ3v) is 3.27. The van der Waals surface area contributed by atoms with Crippen LogP contribution in [0.1, 0.15) is 10.4 Å². The molecule has 0 amide bonds. The highest BCUT2D eigenvalue weighted by Crippen LogP contribution is 2.35. The second kappa shape index (κ2) is 4.55. The Balaban J connectivity index is 2.24. The highest BCUT2D eigenvalue weighted by atomic mass is 79.9. The minimum atomic E-state index is 0.456. The molecule has 0 aliphatic rings. The molecule has 1 N–H and O–H groups in total. The molecule has 3 aromatic rings. The molecular formula is C13H9BrN2O3. The number of H-pyrrole nitrogens is 1. The Bertz CT molecular complexity index is 760. The van der Waals surface area contributed by atoms with Gasteiger partial charge in [0, 0.05) is 9.86 Å². The average Bonchev–Trinajstić information content (AvgIpc) is 3.02. The van der Waals surface area contributed by atoms with Crippen LogP contribution in [0.3, 0.4) is 0 Å². The summed E-state index contributed by atoms with van der Waals surface area (Å²) in [6.45, 7) is 0. The SMILES string of the molecule is COc1cc(Br)cc2cc(-c3[nH]ncc3C=O)oc12. The Kier molecular flexibility index (Phi) is 2.87. The fourth-order valence-corrected chi connectivity index (χ4v) is 2.40. The topological polar surface area (TPSA) is 68.1 Å². The van der Waals surface area contributed by atoms with E-state index in [-0.39, 0.29) is 0 Å². The number of methoxy groups -OCH3 is 1. The summed E-state index contributed by atoms with van der Waals surface area (Å²) in [4.78, 5) is 10.9. The van der Waals surface area contributed by atoms with Gasteiger partial charge >= 0.3 is 0 Å². The fraction of sp³-hybridized carbons (Fsp3) is 0.0769. The number of aldehydes is 1. The van der Waals surface area contributed by atoms with E-state index >= 15 is 0 Å². The Morgan fingerprint density at radius 2 is 2.26 bits per heavy atom. The van der Waals surface area contributed by atoms with Crippen molar-refractivity contribution < 1.29 is 13.9 Å². The zero-order valence-electron chi connectivity index (χ0n) is 9.94. The second-order valence-corrected chi connectivity index (χ2v) is 4.87. The summed E-state index contributed by atoms with van der Waals surface area (Å²) in [6, 6.07) is 5.58. The number of fused-ring (bicyclic) bond motifs is 1. The largest absolute Gasteiger partial charge is 0.493 e. The van der Waals surface area contributed by atoms with Crippen LogP contribution >= 0.6 is 15.9 Å². The van der Waals surface area contributed by atoms with E-state index in [2.05, 4.69) is 26.1 Å². The van der Waals surface area contributed by atoms with Crippen LogP contribution in [0.15, 0.2) is 33.3 Å². The third-order valence-electron chi connectivity index (χ3n) is 2.81. The first-order chi connectivity index (χ1) is 9.22. The van der Waals surface area contributed by atoms with Crippen LogP contribution in [-0.4, -0.2) is 23.6 Å². The van der Waals surface area contributed by atoms with Crippen LogP contribution in [0.2, 0.25) is 0 Å². The number of hydrogen-bond acceptors (Lipinski definition) is 4. The van der Waals surface area contributed by atoms with E-state index in [1.165, 1.54) is 6.20 Å². The molecule has 0 unspecified atom stereocenters. The molecule has 0 aliphatic heterocycles. The monoisotopic (exact) mass is 320 g/mol. The van der Waals surface area contributed by atoms with Crippen LogP contribution in [0.4, 0.5) is 0 Å². The molecule has 2 heterocycles. The number of hydrogen-bond donors (Lipinski definition) is 1. The number of ether oxygens (including phenoxy) is 1. The molecule has 0 radical (unpaired) electrons. The molecule has 0 saturated heterocycles. The standard InChI is InChI=1S/C13H9BrN2O3/c1-18-11-4-9(14)2-7-3-10(19-13(7)11)12-8(6-17)5-15-16-12/h2-6H,1H3,(H,15,16). The summed E-state index contributed by atoms with van der Waals surface area (Å²) >= 11 is 3.41. The van der Waals surface area contributed by atoms with Gasteiger partial charge in [0.05, 0.1) is 18.9 Å². The Morgan fingerprint density at radius 1 is 1.42 bits per heavy atom. The molecule has 19 heavy (non-hydrogen) atoms. The van der Waals surface area contributed by atoms with Gasteiger partial charge in [-0.3, -0.25) is 9.89 Å². The zero-order valence-corrected chi connectivity index (χ0v) is 11.5. The van der Waals surface area contributed by atoms with Gasteiger partial charge in [-0.05, 0) is 18.2 Å². The predicted molar refractivity (Wildman–Crippen MR) is 73.4 cm³/mol. The number of halogens is 1. The number of benzene rings is 1. The molecule has 0 aliphatic carbocycles. The normalized spacial score (nSPS) is 10.8. The van der Waals surface area contributed by atoms with Gasteiger partial charge in [0.15, 0.2) is 23.4 Å². The second-order valence-electron chi connectivity index (χ2n) is 3.96. The van der Waals surface area contributed by atoms with Gasteiger partial charge in [0.25, 0.3) is 0 Å². The smallest absolute Gasteiger partial charge is 0.176 e. The summed E-state index contributed by atoms with van der Waals surface area (Å²) < 4.78 is 11.9. The minimum absolute atomic E-state index is 0.456. The zero-order chi connectivity index (χ0) is 13.4. The lowest BCUT2D eigenvalue weighted by molar-refractivity contribution is 0.112. The van der Waals surface area contributed by atoms with Crippen molar-refractivity contribution >= 4 is 33.2 Å². The van der Waals surface area contributed by atoms with E-state index < -0.39 is 0 Å². The van der Waals surface area contributed by atoms with E-state index in [0.29, 0.717) is 28.4 Å². The van der Waals surface area contributed by atoms with Gasteiger partial charge < -0.3 is 9.15 Å². The number of aromatic nitrogens is 2. The number of furan rings is 1. The number of nitrogens with one attached hydrogen (secondary N) is 1. The van der Waals surface area contributed by atoms with Crippen molar-refractivity contribution in [3.8, 4) is 17.2 Å². The van der Waals surface area contributed by atoms with Crippen molar-refractivity contribution in [2.75, 3.05) is 7.11 Å². The Morgan fingerprint density at radius 3 is 3.00 bits per heavy atom. The molecule has 3 rings (SSSR count). The summed E-state index contributed by atoms with van der Waals surface area (Å²) in [5.41, 5.74) is 1.65. The number of aromatic amines is 1. The fourth-order valence-electron chi connectivity index (χ4n) is 1.94. The molecule has 0 spiro atoms. The van der Waals surface area contributed by atoms with Gasteiger partial charge in [0.2, 0.25) is 0 Å². The molecule has 96 valence electrons. The van der Waals surface area contributed by atoms with E-state index in [0.717, 1.165) is 16.1 Å². The lowest BCUT2D eigenvalue weighted by Gasteiger charge is -2.00. The molecule has 2 aromatic heterocycles. The molecule has 0 atom stereocenters. The molecule has 0 fully saturated rings. The molecule has 5 nitrogen and oxygen atoms in total.